The van der Waals surface area contributed by atoms with Gasteiger partial charge in [-0.05, 0) is 87.4 Å². The quantitative estimate of drug-likeness (QED) is 0.0855. The van der Waals surface area contributed by atoms with E-state index in [1.54, 1.807) is 27.7 Å². The lowest BCUT2D eigenvalue weighted by Crippen LogP contribution is -2.46. The smallest absolute Gasteiger partial charge is 0.254 e. The minimum absolute atomic E-state index is 0.0322. The number of rotatable bonds is 18. The first-order valence-electron chi connectivity index (χ1n) is 17.0. The Morgan fingerprint density at radius 2 is 0.962 bits per heavy atom. The van der Waals surface area contributed by atoms with Gasteiger partial charge in [-0.3, -0.25) is 24.0 Å². The second kappa shape index (κ2) is 20.1. The van der Waals surface area contributed by atoms with Crippen LogP contribution in [0.15, 0.2) is 0 Å². The van der Waals surface area contributed by atoms with Crippen LogP contribution < -0.4 is 16.0 Å². The zero-order valence-corrected chi connectivity index (χ0v) is 31.3. The molecule has 0 saturated heterocycles. The third-order valence-corrected chi connectivity index (χ3v) is 9.23. The molecule has 2 unspecified atom stereocenters. The molecule has 0 bridgehead atoms. The summed E-state index contributed by atoms with van der Waals surface area (Å²) in [4.78, 5) is 68.3. The van der Waals surface area contributed by atoms with Crippen molar-refractivity contribution in [3.8, 4) is 0 Å². The van der Waals surface area contributed by atoms with Crippen LogP contribution in [0.1, 0.15) is 70.0 Å². The van der Waals surface area contributed by atoms with Gasteiger partial charge in [-0.2, -0.15) is 0 Å². The summed E-state index contributed by atoms with van der Waals surface area (Å²) in [6.07, 6.45) is -2.69. The molecule has 0 fully saturated rings. The Balaban J connectivity index is 2.58. The predicted octanol–water partition coefficient (Wildman–Crippen LogP) is -1.28. The highest BCUT2D eigenvalue weighted by molar-refractivity contribution is 6.08. The van der Waals surface area contributed by atoms with Gasteiger partial charge < -0.3 is 61.5 Å². The molecule has 5 amide bonds. The molecule has 2 aromatic carbocycles. The van der Waals surface area contributed by atoms with E-state index in [-0.39, 0.29) is 65.2 Å². The zero-order chi connectivity index (χ0) is 40.3. The van der Waals surface area contributed by atoms with Gasteiger partial charge in [-0.1, -0.05) is 0 Å². The molecule has 53 heavy (non-hydrogen) atoms. The summed E-state index contributed by atoms with van der Waals surface area (Å²) in [5.74, 6) is -3.56. The van der Waals surface area contributed by atoms with Crippen LogP contribution >= 0.6 is 0 Å². The second-order valence-corrected chi connectivity index (χ2v) is 12.8. The van der Waals surface area contributed by atoms with Crippen LogP contribution in [0.3, 0.4) is 0 Å². The van der Waals surface area contributed by atoms with Crippen molar-refractivity contribution in [3.05, 3.63) is 55.6 Å². The summed E-state index contributed by atoms with van der Waals surface area (Å²) in [5.41, 5.74) is 3.56. The maximum Gasteiger partial charge on any atom is 0.254 e. The van der Waals surface area contributed by atoms with Crippen molar-refractivity contribution in [1.82, 2.24) is 15.1 Å². The van der Waals surface area contributed by atoms with E-state index in [9.17, 15) is 59.7 Å². The lowest BCUT2D eigenvalue weighted by molar-refractivity contribution is -0.119. The Morgan fingerprint density at radius 1 is 0.547 bits per heavy atom. The fourth-order valence-electron chi connectivity index (χ4n) is 6.32. The fourth-order valence-corrected chi connectivity index (χ4v) is 6.32. The van der Waals surface area contributed by atoms with E-state index in [2.05, 4.69) is 16.0 Å². The van der Waals surface area contributed by atoms with Crippen molar-refractivity contribution >= 4 is 40.9 Å². The van der Waals surface area contributed by atoms with Crippen molar-refractivity contribution in [3.63, 3.8) is 0 Å². The first kappa shape index (κ1) is 44.7. The van der Waals surface area contributed by atoms with Crippen molar-refractivity contribution in [2.24, 2.45) is 0 Å². The molecule has 2 rings (SSSR count). The number of nitrogens with zero attached hydrogens (tertiary/aromatic N) is 2. The van der Waals surface area contributed by atoms with Gasteiger partial charge in [-0.15, -0.1) is 0 Å². The number of nitrogens with one attached hydrogen (secondary N) is 3. The molecule has 0 aromatic heterocycles. The van der Waals surface area contributed by atoms with Gasteiger partial charge in [0.25, 0.3) is 17.7 Å². The average molecular weight is 748 g/mol. The van der Waals surface area contributed by atoms with Crippen molar-refractivity contribution < 1.29 is 59.7 Å². The van der Waals surface area contributed by atoms with Gasteiger partial charge in [0, 0.05) is 60.8 Å². The van der Waals surface area contributed by atoms with Gasteiger partial charge in [0.05, 0.1) is 32.0 Å². The molecule has 17 heteroatoms. The molecule has 0 spiro atoms. The highest BCUT2D eigenvalue weighted by atomic mass is 16.3. The SMILES string of the molecule is Cc1c(C)c(NC(=O)CO)c(C)c(C(=O)N(CCO)CC(O)CN(CCO)C(=O)c2c(C)c(NC(=O)CO)c(C)c(C(=O)NCC(O)CO)c2C)c1C. The summed E-state index contributed by atoms with van der Waals surface area (Å²) in [5, 5.41) is 76.4. The maximum absolute atomic E-state index is 14.3. The molecule has 0 aliphatic rings. The van der Waals surface area contributed by atoms with E-state index >= 15 is 0 Å². The molecule has 0 aliphatic heterocycles. The number of anilines is 2. The molecule has 2 aromatic rings. The molecule has 0 saturated carbocycles. The molecule has 10 N–H and O–H groups in total. The van der Waals surface area contributed by atoms with E-state index in [1.807, 2.05) is 0 Å². The monoisotopic (exact) mass is 747 g/mol. The largest absolute Gasteiger partial charge is 0.395 e. The third-order valence-electron chi connectivity index (χ3n) is 9.23. The number of aliphatic hydroxyl groups excluding tert-OH is 7. The van der Waals surface area contributed by atoms with Crippen LogP contribution in [-0.2, 0) is 9.59 Å². The molecule has 17 nitrogen and oxygen atoms in total. The number of benzene rings is 2. The minimum Gasteiger partial charge on any atom is -0.395 e. The molecular formula is C36H53N5O12. The van der Waals surface area contributed by atoms with Crippen LogP contribution in [0.5, 0.6) is 0 Å². The maximum atomic E-state index is 14.3. The molecular weight excluding hydrogens is 694 g/mol. The molecule has 0 radical (unpaired) electrons. The first-order chi connectivity index (χ1) is 24.9. The van der Waals surface area contributed by atoms with Gasteiger partial charge in [-0.25, -0.2) is 0 Å². The van der Waals surface area contributed by atoms with Crippen LogP contribution in [0.25, 0.3) is 0 Å². The van der Waals surface area contributed by atoms with E-state index in [1.165, 1.54) is 25.7 Å². The fraction of sp³-hybridized carbons (Fsp3) is 0.528. The van der Waals surface area contributed by atoms with Gasteiger partial charge in [0.2, 0.25) is 11.8 Å². The second-order valence-electron chi connectivity index (χ2n) is 12.8. The van der Waals surface area contributed by atoms with Crippen LogP contribution in [0.4, 0.5) is 11.4 Å². The molecule has 2 atom stereocenters. The molecule has 294 valence electrons. The summed E-state index contributed by atoms with van der Waals surface area (Å²) >= 11 is 0. The molecule has 0 aliphatic carbocycles. The van der Waals surface area contributed by atoms with Crippen molar-refractivity contribution in [2.45, 2.75) is 60.7 Å². The lowest BCUT2D eigenvalue weighted by atomic mass is 9.89. The van der Waals surface area contributed by atoms with Crippen molar-refractivity contribution in [1.29, 1.82) is 0 Å². The summed E-state index contributed by atoms with van der Waals surface area (Å²) < 4.78 is 0. The average Bonchev–Trinajstić information content (AvgIpc) is 3.12. The number of aliphatic hydroxyl groups is 7. The summed E-state index contributed by atoms with van der Waals surface area (Å²) in [6.45, 7) is 6.48. The number of amides is 5. The summed E-state index contributed by atoms with van der Waals surface area (Å²) in [6, 6.07) is 0. The zero-order valence-electron chi connectivity index (χ0n) is 31.3. The van der Waals surface area contributed by atoms with E-state index in [0.29, 0.717) is 27.9 Å². The summed E-state index contributed by atoms with van der Waals surface area (Å²) in [7, 11) is 0. The van der Waals surface area contributed by atoms with E-state index in [4.69, 9.17) is 0 Å². The number of hydrogen-bond acceptors (Lipinski definition) is 12. The Kier molecular flexibility index (Phi) is 16.9. The number of carbonyl (C=O) groups excluding carboxylic acids is 5. The van der Waals surface area contributed by atoms with Gasteiger partial charge in [0.15, 0.2) is 0 Å². The van der Waals surface area contributed by atoms with E-state index < -0.39 is 81.3 Å². The normalized spacial score (nSPS) is 12.2. The van der Waals surface area contributed by atoms with Crippen molar-refractivity contribution in [2.75, 3.05) is 76.4 Å². The lowest BCUT2D eigenvalue weighted by Gasteiger charge is -2.31. The van der Waals surface area contributed by atoms with Crippen LogP contribution in [-0.4, -0.2) is 153 Å². The molecule has 0 heterocycles. The Morgan fingerprint density at radius 3 is 1.38 bits per heavy atom. The highest BCUT2D eigenvalue weighted by Crippen LogP contribution is 2.34. The number of carbonyl (C=O) groups is 5. The minimum atomic E-state index is -1.43. The third kappa shape index (κ3) is 10.6. The first-order valence-corrected chi connectivity index (χ1v) is 17.0. The highest BCUT2D eigenvalue weighted by Gasteiger charge is 2.31. The van der Waals surface area contributed by atoms with Crippen LogP contribution in [0.2, 0.25) is 0 Å². The van der Waals surface area contributed by atoms with Gasteiger partial charge >= 0.3 is 0 Å². The topological polar surface area (TPSA) is 270 Å². The Labute approximate surface area is 308 Å². The number of hydrogen-bond donors (Lipinski definition) is 10. The predicted molar refractivity (Wildman–Crippen MR) is 195 cm³/mol. The van der Waals surface area contributed by atoms with Gasteiger partial charge in [0.1, 0.15) is 13.2 Å². The Hall–Kier alpha value is -4.49. The van der Waals surface area contributed by atoms with E-state index in [0.717, 1.165) is 4.90 Å². The van der Waals surface area contributed by atoms with Crippen LogP contribution in [0, 0.1) is 48.5 Å². The standard InChI is InChI=1S/C36H53N5O12/c1-18-19(2)30(23(6)32(20(18)3)38-27(49)16-45)35(52)40(8-10-42)13-26(48)14-41(9-11-43)36(53)31-21(4)29(34(51)37-12-25(47)15-44)22(5)33(24(31)7)39-28(50)17-46/h25-26,42-48H,8-17H2,1-7H3,(H,37,51)(H,38,49)(H,39,50). The Bertz CT molecular complexity index is 1700.